The molecule has 2 heterocycles. The number of rotatable bonds is 4. The number of hydrogen-bond acceptors (Lipinski definition) is 7. The summed E-state index contributed by atoms with van der Waals surface area (Å²) in [7, 11) is 0. The molecule has 3 rings (SSSR count). The molecule has 1 N–H and O–H groups in total. The van der Waals surface area contributed by atoms with Crippen molar-refractivity contribution in [2.24, 2.45) is 0 Å². The van der Waals surface area contributed by atoms with E-state index in [1.165, 1.54) is 6.92 Å². The van der Waals surface area contributed by atoms with Crippen LogP contribution in [0.5, 0.6) is 0 Å². The molecule has 0 fully saturated rings. The van der Waals surface area contributed by atoms with E-state index < -0.39 is 18.0 Å². The van der Waals surface area contributed by atoms with Gasteiger partial charge in [-0.3, -0.25) is 4.79 Å². The molecular formula is C18H18N4O4. The minimum atomic E-state index is -0.999. The van der Waals surface area contributed by atoms with Gasteiger partial charge in [0.25, 0.3) is 5.91 Å². The van der Waals surface area contributed by atoms with Crippen LogP contribution in [0.4, 0.5) is 5.82 Å². The van der Waals surface area contributed by atoms with Crippen LogP contribution in [0.25, 0.3) is 11.0 Å². The van der Waals surface area contributed by atoms with Crippen molar-refractivity contribution in [1.82, 2.24) is 15.1 Å². The first kappa shape index (κ1) is 17.5. The first-order valence-electron chi connectivity index (χ1n) is 8.03. The van der Waals surface area contributed by atoms with Crippen LogP contribution >= 0.6 is 0 Å². The van der Waals surface area contributed by atoms with Gasteiger partial charge in [-0.2, -0.15) is 0 Å². The number of ether oxygens (including phenoxy) is 1. The standard InChI is InChI=1S/C18H18N4O4/c1-9-7-16(22-26-9)21-17(23)12(4)25-18(24)13-5-6-14-15(8-13)20-11(3)10(2)19-14/h5-8,12H,1-4H3,(H,21,22,23). The largest absolute Gasteiger partial charge is 0.449 e. The summed E-state index contributed by atoms with van der Waals surface area (Å²) in [5, 5.41) is 6.18. The summed E-state index contributed by atoms with van der Waals surface area (Å²) in [6.45, 7) is 6.91. The van der Waals surface area contributed by atoms with E-state index in [-0.39, 0.29) is 5.82 Å². The maximum absolute atomic E-state index is 12.3. The topological polar surface area (TPSA) is 107 Å². The van der Waals surface area contributed by atoms with Crippen LogP contribution < -0.4 is 5.32 Å². The summed E-state index contributed by atoms with van der Waals surface area (Å²) in [4.78, 5) is 33.3. The zero-order valence-electron chi connectivity index (χ0n) is 14.9. The van der Waals surface area contributed by atoms with Crippen LogP contribution in [-0.4, -0.2) is 33.1 Å². The molecule has 1 unspecified atom stereocenters. The van der Waals surface area contributed by atoms with Crippen LogP contribution in [0.2, 0.25) is 0 Å². The third kappa shape index (κ3) is 3.69. The van der Waals surface area contributed by atoms with E-state index in [1.54, 1.807) is 31.2 Å². The van der Waals surface area contributed by atoms with E-state index in [0.29, 0.717) is 22.4 Å². The van der Waals surface area contributed by atoms with E-state index in [4.69, 9.17) is 9.26 Å². The van der Waals surface area contributed by atoms with E-state index in [2.05, 4.69) is 20.4 Å². The van der Waals surface area contributed by atoms with Crippen LogP contribution in [-0.2, 0) is 9.53 Å². The van der Waals surface area contributed by atoms with Gasteiger partial charge in [-0.1, -0.05) is 5.16 Å². The lowest BCUT2D eigenvalue weighted by molar-refractivity contribution is -0.123. The Morgan fingerprint density at radius 3 is 2.42 bits per heavy atom. The van der Waals surface area contributed by atoms with Gasteiger partial charge in [-0.25, -0.2) is 14.8 Å². The summed E-state index contributed by atoms with van der Waals surface area (Å²) < 4.78 is 10.1. The average molecular weight is 354 g/mol. The Morgan fingerprint density at radius 1 is 1.08 bits per heavy atom. The molecule has 2 aromatic heterocycles. The molecule has 26 heavy (non-hydrogen) atoms. The smallest absolute Gasteiger partial charge is 0.338 e. The molecule has 3 aromatic rings. The number of amides is 1. The van der Waals surface area contributed by atoms with Crippen molar-refractivity contribution in [3.8, 4) is 0 Å². The van der Waals surface area contributed by atoms with Gasteiger partial charge in [0.1, 0.15) is 5.76 Å². The number of anilines is 1. The van der Waals surface area contributed by atoms with Crippen LogP contribution in [0.3, 0.4) is 0 Å². The third-order valence-corrected chi connectivity index (χ3v) is 3.84. The molecule has 8 heteroatoms. The summed E-state index contributed by atoms with van der Waals surface area (Å²) in [5.74, 6) is -0.292. The molecule has 1 atom stereocenters. The number of aryl methyl sites for hydroxylation is 3. The number of nitrogens with zero attached hydrogens (tertiary/aromatic N) is 3. The number of fused-ring (bicyclic) bond motifs is 1. The van der Waals surface area contributed by atoms with Crippen LogP contribution in [0, 0.1) is 20.8 Å². The first-order valence-corrected chi connectivity index (χ1v) is 8.03. The highest BCUT2D eigenvalue weighted by atomic mass is 16.5. The van der Waals surface area contributed by atoms with Gasteiger partial charge in [0, 0.05) is 6.07 Å². The minimum Gasteiger partial charge on any atom is -0.449 e. The molecule has 0 aliphatic heterocycles. The van der Waals surface area contributed by atoms with Crippen molar-refractivity contribution in [2.75, 3.05) is 5.32 Å². The number of hydrogen-bond donors (Lipinski definition) is 1. The predicted molar refractivity (Wildman–Crippen MR) is 93.8 cm³/mol. The van der Waals surface area contributed by atoms with E-state index in [0.717, 1.165) is 11.4 Å². The lowest BCUT2D eigenvalue weighted by atomic mass is 10.2. The molecule has 1 amide bonds. The Morgan fingerprint density at radius 2 is 1.77 bits per heavy atom. The molecular weight excluding hydrogens is 336 g/mol. The van der Waals surface area contributed by atoms with Crippen LogP contribution in [0.15, 0.2) is 28.8 Å². The van der Waals surface area contributed by atoms with Crippen molar-refractivity contribution in [3.05, 3.63) is 47.0 Å². The zero-order chi connectivity index (χ0) is 18.8. The van der Waals surface area contributed by atoms with E-state index >= 15 is 0 Å². The van der Waals surface area contributed by atoms with Gasteiger partial charge in [0.15, 0.2) is 11.9 Å². The highest BCUT2D eigenvalue weighted by Crippen LogP contribution is 2.16. The first-order chi connectivity index (χ1) is 12.3. The summed E-state index contributed by atoms with van der Waals surface area (Å²) in [6, 6.07) is 6.47. The molecule has 8 nitrogen and oxygen atoms in total. The lowest BCUT2D eigenvalue weighted by Crippen LogP contribution is -2.30. The number of esters is 1. The second-order valence-electron chi connectivity index (χ2n) is 5.96. The highest BCUT2D eigenvalue weighted by molar-refractivity contribution is 5.98. The monoisotopic (exact) mass is 354 g/mol. The SMILES string of the molecule is Cc1cc(NC(=O)C(C)OC(=O)c2ccc3nc(C)c(C)nc3c2)no1. The molecule has 0 spiro atoms. The summed E-state index contributed by atoms with van der Waals surface area (Å²) in [6.07, 6.45) is -0.999. The molecule has 0 bridgehead atoms. The molecule has 1 aromatic carbocycles. The van der Waals surface area contributed by atoms with Gasteiger partial charge in [0.05, 0.1) is 28.0 Å². The number of aromatic nitrogens is 3. The Labute approximate surface area is 149 Å². The van der Waals surface area contributed by atoms with Crippen molar-refractivity contribution >= 4 is 28.7 Å². The Balaban J connectivity index is 1.71. The second-order valence-corrected chi connectivity index (χ2v) is 5.96. The van der Waals surface area contributed by atoms with Gasteiger partial charge < -0.3 is 14.6 Å². The summed E-state index contributed by atoms with van der Waals surface area (Å²) in [5.41, 5.74) is 3.21. The second kappa shape index (κ2) is 6.91. The fraction of sp³-hybridized carbons (Fsp3) is 0.278. The van der Waals surface area contributed by atoms with Crippen molar-refractivity contribution < 1.29 is 18.8 Å². The van der Waals surface area contributed by atoms with Gasteiger partial charge in [-0.15, -0.1) is 0 Å². The number of carbonyl (C=O) groups excluding carboxylic acids is 2. The van der Waals surface area contributed by atoms with Gasteiger partial charge in [0.2, 0.25) is 0 Å². The number of carbonyl (C=O) groups is 2. The normalized spacial score (nSPS) is 12.0. The molecule has 0 saturated heterocycles. The summed E-state index contributed by atoms with van der Waals surface area (Å²) >= 11 is 0. The lowest BCUT2D eigenvalue weighted by Gasteiger charge is -2.12. The Hall–Kier alpha value is -3.29. The molecule has 0 radical (unpaired) electrons. The van der Waals surface area contributed by atoms with E-state index in [1.807, 2.05) is 13.8 Å². The van der Waals surface area contributed by atoms with E-state index in [9.17, 15) is 9.59 Å². The fourth-order valence-electron chi connectivity index (χ4n) is 2.29. The third-order valence-electron chi connectivity index (χ3n) is 3.84. The number of benzene rings is 1. The highest BCUT2D eigenvalue weighted by Gasteiger charge is 2.20. The maximum Gasteiger partial charge on any atom is 0.338 e. The molecule has 0 aliphatic carbocycles. The van der Waals surface area contributed by atoms with Crippen molar-refractivity contribution in [1.29, 1.82) is 0 Å². The quantitative estimate of drug-likeness (QED) is 0.718. The average Bonchev–Trinajstić information content (AvgIpc) is 3.00. The van der Waals surface area contributed by atoms with Gasteiger partial charge >= 0.3 is 5.97 Å². The van der Waals surface area contributed by atoms with Crippen molar-refractivity contribution in [2.45, 2.75) is 33.8 Å². The number of nitrogens with one attached hydrogen (secondary N) is 1. The molecule has 0 aliphatic rings. The zero-order valence-corrected chi connectivity index (χ0v) is 14.9. The Kier molecular flexibility index (Phi) is 4.66. The van der Waals surface area contributed by atoms with Crippen molar-refractivity contribution in [3.63, 3.8) is 0 Å². The van der Waals surface area contributed by atoms with Crippen LogP contribution in [0.1, 0.15) is 34.4 Å². The molecule has 0 saturated carbocycles. The minimum absolute atomic E-state index is 0.266. The predicted octanol–water partition coefficient (Wildman–Crippen LogP) is 2.73. The molecule has 134 valence electrons. The fourth-order valence-corrected chi connectivity index (χ4v) is 2.29. The maximum atomic E-state index is 12.3. The Bertz CT molecular complexity index is 996. The van der Waals surface area contributed by atoms with Gasteiger partial charge in [-0.05, 0) is 45.9 Å².